The Bertz CT molecular complexity index is 1040. The number of benzene rings is 2. The molecule has 0 bridgehead atoms. The molecule has 2 fully saturated rings. The molecule has 3 heterocycles. The maximum absolute atomic E-state index is 12.9. The minimum Gasteiger partial charge on any atom is -0.330 e. The molecule has 166 valence electrons. The number of aromatic nitrogens is 1. The zero-order chi connectivity index (χ0) is 21.8. The summed E-state index contributed by atoms with van der Waals surface area (Å²) in [7, 11) is 0. The van der Waals surface area contributed by atoms with E-state index in [0.717, 1.165) is 64.7 Å². The van der Waals surface area contributed by atoms with Gasteiger partial charge >= 0.3 is 0 Å². The highest BCUT2D eigenvalue weighted by molar-refractivity contribution is 5.85. The van der Waals surface area contributed by atoms with Gasteiger partial charge in [-0.2, -0.15) is 0 Å². The minimum absolute atomic E-state index is 0.314. The fourth-order valence-electron chi connectivity index (χ4n) is 5.13. The third-order valence-corrected chi connectivity index (χ3v) is 7.05. The van der Waals surface area contributed by atoms with E-state index in [1.807, 2.05) is 12.3 Å². The summed E-state index contributed by atoms with van der Waals surface area (Å²) >= 11 is 0. The van der Waals surface area contributed by atoms with E-state index in [4.69, 9.17) is 0 Å². The lowest BCUT2D eigenvalue weighted by Crippen LogP contribution is -3.28. The summed E-state index contributed by atoms with van der Waals surface area (Å²) in [5.74, 6) is 1.45. The van der Waals surface area contributed by atoms with Gasteiger partial charge in [0.15, 0.2) is 6.54 Å². The van der Waals surface area contributed by atoms with Crippen LogP contribution in [0.4, 0.5) is 5.82 Å². The van der Waals surface area contributed by atoms with Crippen LogP contribution in [0.25, 0.3) is 10.8 Å². The highest BCUT2D eigenvalue weighted by Gasteiger charge is 2.30. The van der Waals surface area contributed by atoms with E-state index >= 15 is 0 Å². The van der Waals surface area contributed by atoms with Crippen LogP contribution in [0.15, 0.2) is 66.9 Å². The van der Waals surface area contributed by atoms with Crippen molar-refractivity contribution < 1.29 is 19.6 Å². The summed E-state index contributed by atoms with van der Waals surface area (Å²) in [4.78, 5) is 23.6. The Morgan fingerprint density at radius 3 is 2.31 bits per heavy atom. The number of aromatic amines is 1. The van der Waals surface area contributed by atoms with Crippen LogP contribution in [0.5, 0.6) is 0 Å². The van der Waals surface area contributed by atoms with E-state index in [-0.39, 0.29) is 0 Å². The first-order valence-corrected chi connectivity index (χ1v) is 11.9. The number of carbonyl (C=O) groups is 1. The molecule has 3 N–H and O–H groups in total. The third-order valence-electron chi connectivity index (χ3n) is 7.05. The van der Waals surface area contributed by atoms with Gasteiger partial charge in [-0.25, -0.2) is 4.98 Å². The number of anilines is 1. The topological polar surface area (TPSA) is 46.6 Å². The molecule has 0 saturated carbocycles. The number of rotatable bonds is 5. The van der Waals surface area contributed by atoms with Crippen molar-refractivity contribution in [3.05, 3.63) is 72.4 Å². The molecule has 0 unspecified atom stereocenters. The highest BCUT2D eigenvalue weighted by atomic mass is 16.2. The number of H-pyrrole nitrogens is 1. The van der Waals surface area contributed by atoms with E-state index in [1.165, 1.54) is 21.2 Å². The Morgan fingerprint density at radius 2 is 1.53 bits per heavy atom. The number of hydrogen-bond acceptors (Lipinski definition) is 2. The van der Waals surface area contributed by atoms with Crippen LogP contribution in [-0.4, -0.2) is 69.7 Å². The van der Waals surface area contributed by atoms with Crippen LogP contribution in [0.2, 0.25) is 0 Å². The molecule has 6 nitrogen and oxygen atoms in total. The van der Waals surface area contributed by atoms with Gasteiger partial charge in [0.05, 0.1) is 19.3 Å². The van der Waals surface area contributed by atoms with Crippen molar-refractivity contribution in [3.63, 3.8) is 0 Å². The summed E-state index contributed by atoms with van der Waals surface area (Å²) in [6.07, 6.45) is 1.96. The monoisotopic (exact) mass is 432 g/mol. The van der Waals surface area contributed by atoms with Crippen molar-refractivity contribution in [2.45, 2.75) is 6.54 Å². The van der Waals surface area contributed by atoms with Crippen LogP contribution in [-0.2, 0) is 11.3 Å². The molecule has 2 aliphatic heterocycles. The molecule has 1 amide bonds. The van der Waals surface area contributed by atoms with Crippen molar-refractivity contribution in [2.75, 3.05) is 63.8 Å². The second-order valence-electron chi connectivity index (χ2n) is 9.11. The Morgan fingerprint density at radius 1 is 0.812 bits per heavy atom. The van der Waals surface area contributed by atoms with Gasteiger partial charge in [-0.15, -0.1) is 0 Å². The third kappa shape index (κ3) is 4.76. The van der Waals surface area contributed by atoms with E-state index in [0.29, 0.717) is 12.5 Å². The molecule has 2 saturated heterocycles. The van der Waals surface area contributed by atoms with Gasteiger partial charge in [0.1, 0.15) is 45.8 Å². The van der Waals surface area contributed by atoms with Gasteiger partial charge in [-0.05, 0) is 16.8 Å². The van der Waals surface area contributed by atoms with Gasteiger partial charge < -0.3 is 14.7 Å². The van der Waals surface area contributed by atoms with Crippen molar-refractivity contribution >= 4 is 22.5 Å². The Balaban J connectivity index is 1.09. The average molecular weight is 433 g/mol. The van der Waals surface area contributed by atoms with Crippen molar-refractivity contribution in [1.82, 2.24) is 4.90 Å². The maximum atomic E-state index is 12.9. The van der Waals surface area contributed by atoms with Crippen LogP contribution >= 0.6 is 0 Å². The summed E-state index contributed by atoms with van der Waals surface area (Å²) in [6, 6.07) is 21.5. The zero-order valence-corrected chi connectivity index (χ0v) is 18.7. The molecule has 0 spiro atoms. The molecule has 1 aromatic heterocycles. The van der Waals surface area contributed by atoms with E-state index in [1.54, 1.807) is 4.90 Å². The van der Waals surface area contributed by atoms with Gasteiger partial charge in [-0.3, -0.25) is 9.69 Å². The van der Waals surface area contributed by atoms with Gasteiger partial charge in [0.2, 0.25) is 0 Å². The second kappa shape index (κ2) is 9.67. The molecule has 2 aliphatic rings. The Labute approximate surface area is 190 Å². The quantitative estimate of drug-likeness (QED) is 0.560. The smallest absolute Gasteiger partial charge is 0.278 e. The molecule has 0 radical (unpaired) electrons. The van der Waals surface area contributed by atoms with Gasteiger partial charge in [0, 0.05) is 11.6 Å². The first-order valence-electron chi connectivity index (χ1n) is 11.9. The summed E-state index contributed by atoms with van der Waals surface area (Å²) < 4.78 is 0. The maximum Gasteiger partial charge on any atom is 0.278 e. The number of nitrogens with one attached hydrogen (secondary N) is 3. The fraction of sp³-hybridized carbons (Fsp3) is 0.385. The predicted octanol–water partition coefficient (Wildman–Crippen LogP) is -0.714. The fourth-order valence-corrected chi connectivity index (χ4v) is 5.13. The second-order valence-corrected chi connectivity index (χ2v) is 9.11. The highest BCUT2D eigenvalue weighted by Crippen LogP contribution is 2.17. The zero-order valence-electron chi connectivity index (χ0n) is 18.7. The number of amides is 1. The van der Waals surface area contributed by atoms with Crippen LogP contribution in [0.3, 0.4) is 0 Å². The summed E-state index contributed by atoms with van der Waals surface area (Å²) in [6.45, 7) is 9.53. The molecule has 32 heavy (non-hydrogen) atoms. The number of pyridine rings is 1. The van der Waals surface area contributed by atoms with Crippen LogP contribution < -0.4 is 19.7 Å². The molecule has 5 rings (SSSR count). The molecule has 6 heteroatoms. The predicted molar refractivity (Wildman–Crippen MR) is 126 cm³/mol. The number of quaternary nitrogens is 2. The lowest BCUT2D eigenvalue weighted by molar-refractivity contribution is -1.02. The number of hydrogen-bond donors (Lipinski definition) is 2. The Hall–Kier alpha value is -2.96. The van der Waals surface area contributed by atoms with E-state index < -0.39 is 0 Å². The average Bonchev–Trinajstić information content (AvgIpc) is 2.86. The molecule has 2 aromatic carbocycles. The number of piperazine rings is 2. The normalized spacial score (nSPS) is 21.6. The lowest BCUT2D eigenvalue weighted by atomic mass is 10.0. The number of fused-ring (bicyclic) bond motifs is 1. The summed E-state index contributed by atoms with van der Waals surface area (Å²) in [5.41, 5.74) is 1.44. The lowest BCUT2D eigenvalue weighted by Gasteiger charge is -2.33. The first kappa shape index (κ1) is 20.9. The first-order chi connectivity index (χ1) is 15.8. The number of nitrogens with zero attached hydrogens (tertiary/aromatic N) is 2. The van der Waals surface area contributed by atoms with Crippen LogP contribution in [0, 0.1) is 0 Å². The Kier molecular flexibility index (Phi) is 6.32. The van der Waals surface area contributed by atoms with E-state index in [9.17, 15) is 4.79 Å². The molecule has 3 aromatic rings. The molecular formula is C26H34N5O+3. The molecule has 0 aliphatic carbocycles. The van der Waals surface area contributed by atoms with E-state index in [2.05, 4.69) is 69.4 Å². The van der Waals surface area contributed by atoms with Gasteiger partial charge in [-0.1, -0.05) is 48.5 Å². The SMILES string of the molecule is O=C(C[NH+]1CC[NH+](Cc2cccc3ccccc23)CC1)N1CCN(c2cccc[nH+]2)CC1. The largest absolute Gasteiger partial charge is 0.330 e. The minimum atomic E-state index is 0.314. The number of carbonyl (C=O) groups excluding carboxylic acids is 1. The van der Waals surface area contributed by atoms with Gasteiger partial charge in [0.25, 0.3) is 11.7 Å². The molecule has 0 atom stereocenters. The van der Waals surface area contributed by atoms with Crippen molar-refractivity contribution in [3.8, 4) is 0 Å². The molecular weight excluding hydrogens is 398 g/mol. The van der Waals surface area contributed by atoms with Crippen LogP contribution in [0.1, 0.15) is 5.56 Å². The van der Waals surface area contributed by atoms with Crippen molar-refractivity contribution in [1.29, 1.82) is 0 Å². The summed E-state index contributed by atoms with van der Waals surface area (Å²) in [5, 5.41) is 2.70. The van der Waals surface area contributed by atoms with Crippen molar-refractivity contribution in [2.24, 2.45) is 0 Å². The standard InChI is InChI=1S/C26H31N5O/c32-26(31-18-16-30(17-19-31)25-10-3-4-11-27-25)21-29-14-12-28(13-15-29)20-23-8-5-7-22-6-1-2-9-24(22)23/h1-11H,12-21H2/p+3.